The standard InChI is InChI=1S/C20H18N6O3S2/c1-13(30-20-24-16-5-2-3-6-17(16)25-20)18(27)23-14-7-9-15(10-8-14)31(28,29)26-19-21-11-4-12-22-19/h2-13H,1H3,(H,23,27)(H,24,25)(H,21,22,26). The van der Waals surface area contributed by atoms with Gasteiger partial charge < -0.3 is 10.3 Å². The number of nitrogens with one attached hydrogen (secondary N) is 3. The summed E-state index contributed by atoms with van der Waals surface area (Å²) in [5.74, 6) is -0.242. The smallest absolute Gasteiger partial charge is 0.264 e. The van der Waals surface area contributed by atoms with Crippen molar-refractivity contribution in [2.75, 3.05) is 10.0 Å². The summed E-state index contributed by atoms with van der Waals surface area (Å²) in [6.45, 7) is 1.77. The number of amides is 1. The van der Waals surface area contributed by atoms with E-state index in [1.54, 1.807) is 13.0 Å². The fourth-order valence-corrected chi connectivity index (χ4v) is 4.48. The van der Waals surface area contributed by atoms with Crippen LogP contribution >= 0.6 is 11.8 Å². The van der Waals surface area contributed by atoms with Gasteiger partial charge in [0.2, 0.25) is 11.9 Å². The van der Waals surface area contributed by atoms with Crippen LogP contribution in [0.5, 0.6) is 0 Å². The molecule has 0 spiro atoms. The van der Waals surface area contributed by atoms with Crippen LogP contribution in [0.25, 0.3) is 11.0 Å². The molecule has 0 radical (unpaired) electrons. The first-order chi connectivity index (χ1) is 14.9. The Balaban J connectivity index is 1.39. The summed E-state index contributed by atoms with van der Waals surface area (Å²) in [4.78, 5) is 27.9. The van der Waals surface area contributed by atoms with Crippen molar-refractivity contribution in [1.29, 1.82) is 0 Å². The quantitative estimate of drug-likeness (QED) is 0.365. The van der Waals surface area contributed by atoms with Gasteiger partial charge in [0.05, 0.1) is 21.2 Å². The van der Waals surface area contributed by atoms with E-state index < -0.39 is 15.3 Å². The van der Waals surface area contributed by atoms with Crippen LogP contribution in [0.1, 0.15) is 6.92 Å². The number of sulfonamides is 1. The van der Waals surface area contributed by atoms with E-state index in [9.17, 15) is 13.2 Å². The van der Waals surface area contributed by atoms with Crippen molar-refractivity contribution >= 4 is 50.4 Å². The highest BCUT2D eigenvalue weighted by Gasteiger charge is 2.18. The molecular weight excluding hydrogens is 436 g/mol. The molecule has 3 N–H and O–H groups in total. The number of aromatic nitrogens is 4. The minimum atomic E-state index is -3.83. The molecule has 31 heavy (non-hydrogen) atoms. The largest absolute Gasteiger partial charge is 0.333 e. The molecule has 2 aromatic carbocycles. The number of fused-ring (bicyclic) bond motifs is 1. The summed E-state index contributed by atoms with van der Waals surface area (Å²) in [5, 5.41) is 3.02. The van der Waals surface area contributed by atoms with Gasteiger partial charge in [0.25, 0.3) is 10.0 Å². The highest BCUT2D eigenvalue weighted by atomic mass is 32.2. The highest BCUT2D eigenvalue weighted by Crippen LogP contribution is 2.24. The van der Waals surface area contributed by atoms with Crippen molar-refractivity contribution in [3.05, 3.63) is 67.0 Å². The number of benzene rings is 2. The Hall–Kier alpha value is -3.44. The third kappa shape index (κ3) is 5.01. The minimum Gasteiger partial charge on any atom is -0.333 e. The van der Waals surface area contributed by atoms with Gasteiger partial charge in [-0.25, -0.2) is 28.1 Å². The zero-order chi connectivity index (χ0) is 21.8. The van der Waals surface area contributed by atoms with Crippen molar-refractivity contribution < 1.29 is 13.2 Å². The maximum Gasteiger partial charge on any atom is 0.264 e. The van der Waals surface area contributed by atoms with Crippen LogP contribution in [0.2, 0.25) is 0 Å². The van der Waals surface area contributed by atoms with Gasteiger partial charge in [-0.15, -0.1) is 0 Å². The third-order valence-electron chi connectivity index (χ3n) is 4.25. The molecule has 2 heterocycles. The van der Waals surface area contributed by atoms with E-state index in [0.717, 1.165) is 11.0 Å². The van der Waals surface area contributed by atoms with Gasteiger partial charge in [0.15, 0.2) is 5.16 Å². The number of rotatable bonds is 7. The minimum absolute atomic E-state index is 0.0173. The lowest BCUT2D eigenvalue weighted by Crippen LogP contribution is -2.22. The SMILES string of the molecule is CC(Sc1nc2ccccc2[nH]1)C(=O)Nc1ccc(S(=O)(=O)Nc2ncccn2)cc1. The number of aromatic amines is 1. The van der Waals surface area contributed by atoms with E-state index >= 15 is 0 Å². The number of imidazole rings is 1. The number of carbonyl (C=O) groups excluding carboxylic acids is 1. The van der Waals surface area contributed by atoms with E-state index in [4.69, 9.17) is 0 Å². The Morgan fingerprint density at radius 2 is 1.74 bits per heavy atom. The number of carbonyl (C=O) groups is 1. The van der Waals surface area contributed by atoms with Gasteiger partial charge in [0, 0.05) is 18.1 Å². The summed E-state index contributed by atoms with van der Waals surface area (Å²) < 4.78 is 27.2. The maximum atomic E-state index is 12.5. The molecule has 0 saturated heterocycles. The van der Waals surface area contributed by atoms with Gasteiger partial charge in [-0.05, 0) is 49.4 Å². The first-order valence-electron chi connectivity index (χ1n) is 9.23. The predicted octanol–water partition coefficient (Wildman–Crippen LogP) is 3.27. The average Bonchev–Trinajstić information content (AvgIpc) is 3.17. The molecule has 158 valence electrons. The number of para-hydroxylation sites is 2. The predicted molar refractivity (Wildman–Crippen MR) is 119 cm³/mol. The Labute approximate surface area is 182 Å². The Morgan fingerprint density at radius 3 is 2.45 bits per heavy atom. The molecule has 1 atom stereocenters. The third-order valence-corrected chi connectivity index (χ3v) is 6.58. The summed E-state index contributed by atoms with van der Waals surface area (Å²) in [7, 11) is -3.83. The number of H-pyrrole nitrogens is 1. The molecule has 0 saturated carbocycles. The zero-order valence-electron chi connectivity index (χ0n) is 16.3. The molecule has 1 unspecified atom stereocenters. The molecule has 0 aliphatic rings. The molecule has 0 aliphatic carbocycles. The van der Waals surface area contributed by atoms with Crippen molar-refractivity contribution in [2.24, 2.45) is 0 Å². The molecule has 0 aliphatic heterocycles. The normalized spacial score (nSPS) is 12.4. The van der Waals surface area contributed by atoms with Crippen molar-refractivity contribution in [3.63, 3.8) is 0 Å². The average molecular weight is 455 g/mol. The van der Waals surface area contributed by atoms with Crippen LogP contribution in [0, 0.1) is 0 Å². The van der Waals surface area contributed by atoms with Gasteiger partial charge in [-0.3, -0.25) is 4.79 Å². The number of hydrogen-bond donors (Lipinski definition) is 3. The van der Waals surface area contributed by atoms with E-state index in [2.05, 4.69) is 30.0 Å². The van der Waals surface area contributed by atoms with Crippen LogP contribution in [0.15, 0.2) is 77.0 Å². The van der Waals surface area contributed by atoms with Gasteiger partial charge in [0.1, 0.15) is 0 Å². The lowest BCUT2D eigenvalue weighted by molar-refractivity contribution is -0.115. The van der Waals surface area contributed by atoms with Crippen LogP contribution < -0.4 is 10.0 Å². The molecular formula is C20H18N6O3S2. The molecule has 9 nitrogen and oxygen atoms in total. The highest BCUT2D eigenvalue weighted by molar-refractivity contribution is 8.00. The van der Waals surface area contributed by atoms with E-state index in [1.807, 2.05) is 24.3 Å². The molecule has 4 rings (SSSR count). The van der Waals surface area contributed by atoms with E-state index in [1.165, 1.54) is 48.4 Å². The van der Waals surface area contributed by atoms with Gasteiger partial charge in [-0.1, -0.05) is 23.9 Å². The summed E-state index contributed by atoms with van der Waals surface area (Å²) >= 11 is 1.31. The van der Waals surface area contributed by atoms with E-state index in [0.29, 0.717) is 10.8 Å². The number of hydrogen-bond acceptors (Lipinski definition) is 7. The van der Waals surface area contributed by atoms with Crippen LogP contribution in [-0.4, -0.2) is 39.5 Å². The second kappa shape index (κ2) is 8.74. The summed E-state index contributed by atoms with van der Waals surface area (Å²) in [6, 6.07) is 15.1. The van der Waals surface area contributed by atoms with Gasteiger partial charge in [-0.2, -0.15) is 0 Å². The molecule has 2 aromatic heterocycles. The Kier molecular flexibility index (Phi) is 5.87. The molecule has 0 fully saturated rings. The molecule has 1 amide bonds. The topological polar surface area (TPSA) is 130 Å². The Bertz CT molecular complexity index is 1270. The number of nitrogens with zero attached hydrogens (tertiary/aromatic N) is 3. The molecule has 11 heteroatoms. The summed E-state index contributed by atoms with van der Waals surface area (Å²) in [6.07, 6.45) is 2.88. The fraction of sp³-hybridized carbons (Fsp3) is 0.100. The molecule has 0 bridgehead atoms. The number of thioether (sulfide) groups is 1. The first-order valence-corrected chi connectivity index (χ1v) is 11.6. The monoisotopic (exact) mass is 454 g/mol. The lowest BCUT2D eigenvalue weighted by atomic mass is 10.3. The fourth-order valence-electron chi connectivity index (χ4n) is 2.70. The summed E-state index contributed by atoms with van der Waals surface area (Å²) in [5.41, 5.74) is 2.23. The van der Waals surface area contributed by atoms with Crippen LogP contribution in [0.4, 0.5) is 11.6 Å². The Morgan fingerprint density at radius 1 is 1.03 bits per heavy atom. The van der Waals surface area contributed by atoms with E-state index in [-0.39, 0.29) is 16.8 Å². The van der Waals surface area contributed by atoms with Gasteiger partial charge >= 0.3 is 0 Å². The number of anilines is 2. The second-order valence-electron chi connectivity index (χ2n) is 6.51. The van der Waals surface area contributed by atoms with Crippen molar-refractivity contribution in [3.8, 4) is 0 Å². The van der Waals surface area contributed by atoms with Crippen LogP contribution in [0.3, 0.4) is 0 Å². The molecule has 4 aromatic rings. The lowest BCUT2D eigenvalue weighted by Gasteiger charge is -2.11. The van der Waals surface area contributed by atoms with Crippen LogP contribution in [-0.2, 0) is 14.8 Å². The van der Waals surface area contributed by atoms with Crippen molar-refractivity contribution in [2.45, 2.75) is 22.2 Å². The first kappa shape index (κ1) is 20.8. The van der Waals surface area contributed by atoms with Crippen molar-refractivity contribution in [1.82, 2.24) is 19.9 Å². The maximum absolute atomic E-state index is 12.5. The second-order valence-corrected chi connectivity index (χ2v) is 9.52. The zero-order valence-corrected chi connectivity index (χ0v) is 17.9.